The smallest absolute Gasteiger partial charge is 0.313 e. The molecule has 7 heteroatoms. The minimum Gasteiger partial charge on any atom is -0.481 e. The number of carbonyl (C=O) groups excluding carboxylic acids is 2. The van der Waals surface area contributed by atoms with E-state index in [9.17, 15) is 14.4 Å². The number of benzene rings is 2. The van der Waals surface area contributed by atoms with Gasteiger partial charge in [0.15, 0.2) is 0 Å². The highest BCUT2D eigenvalue weighted by atomic mass is 32.2. The van der Waals surface area contributed by atoms with Gasteiger partial charge in [0.2, 0.25) is 11.8 Å². The number of carboxylic acid groups (broad SMARTS) is 1. The Morgan fingerprint density at radius 2 is 1.96 bits per heavy atom. The first-order chi connectivity index (χ1) is 13.4. The van der Waals surface area contributed by atoms with Gasteiger partial charge in [0, 0.05) is 30.1 Å². The zero-order valence-electron chi connectivity index (χ0n) is 15.6. The van der Waals surface area contributed by atoms with Gasteiger partial charge in [0.1, 0.15) is 0 Å². The lowest BCUT2D eigenvalue weighted by atomic mass is 10.1. The molecule has 1 atom stereocenters. The van der Waals surface area contributed by atoms with Gasteiger partial charge in [-0.2, -0.15) is 0 Å². The van der Waals surface area contributed by atoms with Crippen molar-refractivity contribution in [2.75, 3.05) is 22.5 Å². The third kappa shape index (κ3) is 5.13. The van der Waals surface area contributed by atoms with E-state index in [1.165, 1.54) is 11.8 Å². The minimum atomic E-state index is -0.849. The summed E-state index contributed by atoms with van der Waals surface area (Å²) in [5.74, 6) is -0.896. The molecule has 0 aliphatic carbocycles. The molecule has 0 saturated carbocycles. The van der Waals surface area contributed by atoms with Crippen molar-refractivity contribution >= 4 is 40.9 Å². The van der Waals surface area contributed by atoms with Gasteiger partial charge in [-0.05, 0) is 36.8 Å². The van der Waals surface area contributed by atoms with E-state index in [-0.39, 0.29) is 24.0 Å². The topological polar surface area (TPSA) is 86.7 Å². The van der Waals surface area contributed by atoms with Crippen molar-refractivity contribution in [1.82, 2.24) is 0 Å². The van der Waals surface area contributed by atoms with E-state index in [0.29, 0.717) is 18.0 Å². The number of nitrogens with one attached hydrogen (secondary N) is 1. The van der Waals surface area contributed by atoms with Crippen LogP contribution in [-0.2, 0) is 20.1 Å². The third-order valence-electron chi connectivity index (χ3n) is 4.53. The summed E-state index contributed by atoms with van der Waals surface area (Å²) in [7, 11) is 0. The summed E-state index contributed by atoms with van der Waals surface area (Å²) in [6.07, 6.45) is 0.188. The monoisotopic (exact) mass is 398 g/mol. The van der Waals surface area contributed by atoms with Crippen LogP contribution in [0.4, 0.5) is 11.4 Å². The first kappa shape index (κ1) is 19.9. The Morgan fingerprint density at radius 1 is 1.21 bits per heavy atom. The van der Waals surface area contributed by atoms with Crippen molar-refractivity contribution in [1.29, 1.82) is 0 Å². The van der Waals surface area contributed by atoms with E-state index in [0.717, 1.165) is 16.8 Å². The molecular weight excluding hydrogens is 376 g/mol. The Kier molecular flexibility index (Phi) is 6.36. The number of aliphatic carboxylic acids is 1. The quantitative estimate of drug-likeness (QED) is 0.747. The number of amides is 2. The Morgan fingerprint density at radius 3 is 2.68 bits per heavy atom. The van der Waals surface area contributed by atoms with Crippen LogP contribution >= 0.6 is 11.8 Å². The molecule has 146 valence electrons. The molecule has 1 saturated heterocycles. The SMILES string of the molecule is Cc1ccc(N2CC(C(=O)Nc3cccc(CSCC(=O)O)c3)CC2=O)cc1. The van der Waals surface area contributed by atoms with E-state index < -0.39 is 11.9 Å². The number of carboxylic acids is 1. The molecule has 1 aliphatic rings. The maximum absolute atomic E-state index is 12.6. The molecule has 2 N–H and O–H groups in total. The Bertz CT molecular complexity index is 882. The van der Waals surface area contributed by atoms with Gasteiger partial charge in [0.05, 0.1) is 11.7 Å². The van der Waals surface area contributed by atoms with Gasteiger partial charge >= 0.3 is 5.97 Å². The van der Waals surface area contributed by atoms with Crippen molar-refractivity contribution in [3.63, 3.8) is 0 Å². The molecule has 1 unspecified atom stereocenters. The number of anilines is 2. The molecular formula is C21H22N2O4S. The lowest BCUT2D eigenvalue weighted by Gasteiger charge is -2.17. The molecule has 2 amide bonds. The molecule has 0 spiro atoms. The van der Waals surface area contributed by atoms with Crippen LogP contribution in [0, 0.1) is 12.8 Å². The lowest BCUT2D eigenvalue weighted by molar-refractivity contribution is -0.134. The predicted octanol–water partition coefficient (Wildman–Crippen LogP) is 3.30. The van der Waals surface area contributed by atoms with Crippen LogP contribution in [0.15, 0.2) is 48.5 Å². The lowest BCUT2D eigenvalue weighted by Crippen LogP contribution is -2.28. The van der Waals surface area contributed by atoms with Crippen LogP contribution in [0.25, 0.3) is 0 Å². The maximum atomic E-state index is 12.6. The van der Waals surface area contributed by atoms with Crippen LogP contribution < -0.4 is 10.2 Å². The van der Waals surface area contributed by atoms with Gasteiger partial charge < -0.3 is 15.3 Å². The van der Waals surface area contributed by atoms with Gasteiger partial charge in [-0.3, -0.25) is 14.4 Å². The van der Waals surface area contributed by atoms with Crippen molar-refractivity contribution in [3.8, 4) is 0 Å². The van der Waals surface area contributed by atoms with Crippen LogP contribution in [-0.4, -0.2) is 35.2 Å². The summed E-state index contributed by atoms with van der Waals surface area (Å²) >= 11 is 1.30. The average molecular weight is 398 g/mol. The zero-order valence-corrected chi connectivity index (χ0v) is 16.4. The molecule has 6 nitrogen and oxygen atoms in total. The third-order valence-corrected chi connectivity index (χ3v) is 5.52. The largest absolute Gasteiger partial charge is 0.481 e. The van der Waals surface area contributed by atoms with Crippen molar-refractivity contribution in [2.24, 2.45) is 5.92 Å². The van der Waals surface area contributed by atoms with Gasteiger partial charge in [-0.25, -0.2) is 0 Å². The summed E-state index contributed by atoms with van der Waals surface area (Å²) in [6, 6.07) is 15.0. The summed E-state index contributed by atoms with van der Waals surface area (Å²) in [5.41, 5.74) is 3.52. The first-order valence-corrected chi connectivity index (χ1v) is 10.1. The van der Waals surface area contributed by atoms with Crippen LogP contribution in [0.5, 0.6) is 0 Å². The Labute approximate surface area is 167 Å². The highest BCUT2D eigenvalue weighted by Crippen LogP contribution is 2.26. The molecule has 3 rings (SSSR count). The molecule has 1 heterocycles. The first-order valence-electron chi connectivity index (χ1n) is 8.99. The minimum absolute atomic E-state index is 0.0373. The molecule has 1 aliphatic heterocycles. The number of thioether (sulfide) groups is 1. The van der Waals surface area contributed by atoms with E-state index in [1.54, 1.807) is 11.0 Å². The van der Waals surface area contributed by atoms with E-state index in [2.05, 4.69) is 5.32 Å². The molecule has 28 heavy (non-hydrogen) atoms. The van der Waals surface area contributed by atoms with E-state index in [1.807, 2.05) is 49.4 Å². The summed E-state index contributed by atoms with van der Waals surface area (Å²) in [6.45, 7) is 2.35. The zero-order chi connectivity index (χ0) is 20.1. The summed E-state index contributed by atoms with van der Waals surface area (Å²) in [5, 5.41) is 11.6. The fourth-order valence-corrected chi connectivity index (χ4v) is 3.79. The van der Waals surface area contributed by atoms with Crippen molar-refractivity contribution in [3.05, 3.63) is 59.7 Å². The molecule has 0 radical (unpaired) electrons. The highest BCUT2D eigenvalue weighted by Gasteiger charge is 2.35. The Balaban J connectivity index is 1.60. The Hall–Kier alpha value is -2.80. The van der Waals surface area contributed by atoms with Crippen LogP contribution in [0.1, 0.15) is 17.5 Å². The highest BCUT2D eigenvalue weighted by molar-refractivity contribution is 7.99. The number of hydrogen-bond acceptors (Lipinski definition) is 4. The fraction of sp³-hybridized carbons (Fsp3) is 0.286. The average Bonchev–Trinajstić information content (AvgIpc) is 3.04. The molecule has 2 aromatic carbocycles. The van der Waals surface area contributed by atoms with Gasteiger partial charge in [0.25, 0.3) is 0 Å². The maximum Gasteiger partial charge on any atom is 0.313 e. The van der Waals surface area contributed by atoms with Gasteiger partial charge in [-0.15, -0.1) is 11.8 Å². The van der Waals surface area contributed by atoms with Crippen molar-refractivity contribution in [2.45, 2.75) is 19.1 Å². The number of nitrogens with zero attached hydrogens (tertiary/aromatic N) is 1. The van der Waals surface area contributed by atoms with E-state index >= 15 is 0 Å². The van der Waals surface area contributed by atoms with Crippen LogP contribution in [0.2, 0.25) is 0 Å². The summed E-state index contributed by atoms with van der Waals surface area (Å²) in [4.78, 5) is 37.2. The second kappa shape index (κ2) is 8.93. The number of rotatable bonds is 7. The molecule has 1 fully saturated rings. The predicted molar refractivity (Wildman–Crippen MR) is 111 cm³/mol. The number of hydrogen-bond donors (Lipinski definition) is 2. The standard InChI is InChI=1S/C21H22N2O4S/c1-14-5-7-18(8-6-14)23-11-16(10-19(23)24)21(27)22-17-4-2-3-15(9-17)12-28-13-20(25)26/h2-9,16H,10-13H2,1H3,(H,22,27)(H,25,26). The second-order valence-corrected chi connectivity index (χ2v) is 7.80. The number of carbonyl (C=O) groups is 3. The van der Waals surface area contributed by atoms with Crippen LogP contribution in [0.3, 0.4) is 0 Å². The van der Waals surface area contributed by atoms with Crippen molar-refractivity contribution < 1.29 is 19.5 Å². The van der Waals surface area contributed by atoms with E-state index in [4.69, 9.17) is 5.11 Å². The second-order valence-electron chi connectivity index (χ2n) is 6.82. The molecule has 0 bridgehead atoms. The fourth-order valence-electron chi connectivity index (χ4n) is 3.10. The van der Waals surface area contributed by atoms with Gasteiger partial charge in [-0.1, -0.05) is 29.8 Å². The molecule has 0 aromatic heterocycles. The number of aryl methyl sites for hydroxylation is 1. The normalized spacial score (nSPS) is 16.2. The molecule has 2 aromatic rings. The summed E-state index contributed by atoms with van der Waals surface area (Å²) < 4.78 is 0.